The molecule has 0 radical (unpaired) electrons. The third kappa shape index (κ3) is 3.67. The summed E-state index contributed by atoms with van der Waals surface area (Å²) < 4.78 is 14.3. The molecule has 0 atom stereocenters. The summed E-state index contributed by atoms with van der Waals surface area (Å²) in [4.78, 5) is 29.3. The number of anilines is 1. The van der Waals surface area contributed by atoms with Crippen LogP contribution in [0.3, 0.4) is 0 Å². The van der Waals surface area contributed by atoms with Crippen LogP contribution in [0.4, 0.5) is 10.1 Å². The van der Waals surface area contributed by atoms with Gasteiger partial charge >= 0.3 is 0 Å². The topological polar surface area (TPSA) is 62.3 Å². The van der Waals surface area contributed by atoms with E-state index in [-0.39, 0.29) is 17.2 Å². The van der Waals surface area contributed by atoms with Crippen molar-refractivity contribution >= 4 is 33.4 Å². The summed E-state index contributed by atoms with van der Waals surface area (Å²) in [6.07, 6.45) is 1.41. The largest absolute Gasteiger partial charge is 0.343 e. The molecular formula is C15H13BrFN3O2. The summed E-state index contributed by atoms with van der Waals surface area (Å²) in [5.74, 6) is -1.52. The van der Waals surface area contributed by atoms with Gasteiger partial charge in [-0.05, 0) is 30.3 Å². The van der Waals surface area contributed by atoms with Crippen LogP contribution in [0.15, 0.2) is 41.0 Å². The molecule has 22 heavy (non-hydrogen) atoms. The Bertz CT molecular complexity index is 734. The van der Waals surface area contributed by atoms with Gasteiger partial charge in [0.25, 0.3) is 11.8 Å². The van der Waals surface area contributed by atoms with E-state index in [1.165, 1.54) is 41.4 Å². The van der Waals surface area contributed by atoms with E-state index < -0.39 is 11.7 Å². The van der Waals surface area contributed by atoms with Gasteiger partial charge in [-0.25, -0.2) is 4.39 Å². The highest BCUT2D eigenvalue weighted by molar-refractivity contribution is 9.10. The number of pyridine rings is 1. The zero-order valence-electron chi connectivity index (χ0n) is 11.9. The van der Waals surface area contributed by atoms with Crippen molar-refractivity contribution in [1.29, 1.82) is 0 Å². The minimum atomic E-state index is -0.626. The molecule has 0 spiro atoms. The van der Waals surface area contributed by atoms with E-state index in [1.54, 1.807) is 14.1 Å². The number of carbonyl (C=O) groups is 2. The van der Waals surface area contributed by atoms with Gasteiger partial charge in [0, 0.05) is 30.5 Å². The van der Waals surface area contributed by atoms with Gasteiger partial charge in [0.15, 0.2) is 0 Å². The second-order valence-electron chi connectivity index (χ2n) is 4.71. The second kappa shape index (κ2) is 6.65. The quantitative estimate of drug-likeness (QED) is 0.909. The SMILES string of the molecule is CN(C)C(=O)c1cc(NC(=O)c2cc(Br)ccc2F)ccn1. The number of halogens is 2. The summed E-state index contributed by atoms with van der Waals surface area (Å²) in [6, 6.07) is 7.06. The first-order valence-corrected chi connectivity index (χ1v) is 7.12. The van der Waals surface area contributed by atoms with Crippen molar-refractivity contribution in [2.24, 2.45) is 0 Å². The van der Waals surface area contributed by atoms with Crippen LogP contribution in [-0.4, -0.2) is 35.8 Å². The van der Waals surface area contributed by atoms with Crippen LogP contribution < -0.4 is 5.32 Å². The van der Waals surface area contributed by atoms with Gasteiger partial charge in [-0.3, -0.25) is 14.6 Å². The molecule has 1 heterocycles. The highest BCUT2D eigenvalue weighted by Crippen LogP contribution is 2.17. The lowest BCUT2D eigenvalue weighted by molar-refractivity contribution is 0.0821. The van der Waals surface area contributed by atoms with Gasteiger partial charge in [-0.2, -0.15) is 0 Å². The van der Waals surface area contributed by atoms with E-state index in [0.717, 1.165) is 0 Å². The molecule has 5 nitrogen and oxygen atoms in total. The Morgan fingerprint density at radius 1 is 1.23 bits per heavy atom. The standard InChI is InChI=1S/C15H13BrFN3O2/c1-20(2)15(22)13-8-10(5-6-18-13)19-14(21)11-7-9(16)3-4-12(11)17/h3-8H,1-2H3,(H,18,19,21). The average molecular weight is 366 g/mol. The van der Waals surface area contributed by atoms with E-state index in [9.17, 15) is 14.0 Å². The fourth-order valence-electron chi connectivity index (χ4n) is 1.72. The lowest BCUT2D eigenvalue weighted by Gasteiger charge is -2.11. The molecule has 2 rings (SSSR count). The molecule has 114 valence electrons. The first-order chi connectivity index (χ1) is 10.4. The molecule has 1 aromatic heterocycles. The fourth-order valence-corrected chi connectivity index (χ4v) is 2.09. The summed E-state index contributed by atoms with van der Waals surface area (Å²) >= 11 is 3.19. The first-order valence-electron chi connectivity index (χ1n) is 6.32. The first kappa shape index (κ1) is 16.1. The van der Waals surface area contributed by atoms with E-state index in [1.807, 2.05) is 0 Å². The Hall–Kier alpha value is -2.28. The van der Waals surface area contributed by atoms with Crippen LogP contribution in [0.2, 0.25) is 0 Å². The minimum absolute atomic E-state index is 0.0910. The van der Waals surface area contributed by atoms with Gasteiger partial charge in [-0.15, -0.1) is 0 Å². The number of nitrogens with zero attached hydrogens (tertiary/aromatic N) is 2. The van der Waals surface area contributed by atoms with Crippen LogP contribution in [0.25, 0.3) is 0 Å². The third-order valence-corrected chi connectivity index (χ3v) is 3.31. The third-order valence-electron chi connectivity index (χ3n) is 2.82. The lowest BCUT2D eigenvalue weighted by atomic mass is 10.2. The zero-order chi connectivity index (χ0) is 16.3. The molecule has 7 heteroatoms. The Labute approximate surface area is 135 Å². The van der Waals surface area contributed by atoms with Gasteiger partial charge in [0.2, 0.25) is 0 Å². The number of carbonyl (C=O) groups excluding carboxylic acids is 2. The highest BCUT2D eigenvalue weighted by atomic mass is 79.9. The molecule has 0 saturated heterocycles. The number of hydrogen-bond acceptors (Lipinski definition) is 3. The Morgan fingerprint density at radius 3 is 2.64 bits per heavy atom. The van der Waals surface area contributed by atoms with Crippen LogP contribution in [0, 0.1) is 5.82 Å². The minimum Gasteiger partial charge on any atom is -0.343 e. The fraction of sp³-hybridized carbons (Fsp3) is 0.133. The summed E-state index contributed by atoms with van der Waals surface area (Å²) in [6.45, 7) is 0. The number of amides is 2. The molecule has 2 amide bonds. The molecule has 0 bridgehead atoms. The monoisotopic (exact) mass is 365 g/mol. The molecule has 0 aliphatic carbocycles. The van der Waals surface area contributed by atoms with Crippen molar-refractivity contribution in [2.75, 3.05) is 19.4 Å². The zero-order valence-corrected chi connectivity index (χ0v) is 13.5. The van der Waals surface area contributed by atoms with Crippen LogP contribution in [0.5, 0.6) is 0 Å². The maximum absolute atomic E-state index is 13.7. The highest BCUT2D eigenvalue weighted by Gasteiger charge is 2.14. The number of rotatable bonds is 3. The molecule has 0 fully saturated rings. The summed E-state index contributed by atoms with van der Waals surface area (Å²) in [5.41, 5.74) is 0.466. The van der Waals surface area contributed by atoms with E-state index in [4.69, 9.17) is 0 Å². The number of hydrogen-bond donors (Lipinski definition) is 1. The van der Waals surface area contributed by atoms with Crippen molar-refractivity contribution in [3.63, 3.8) is 0 Å². The average Bonchev–Trinajstić information content (AvgIpc) is 2.49. The predicted octanol–water partition coefficient (Wildman–Crippen LogP) is 2.94. The number of aromatic nitrogens is 1. The lowest BCUT2D eigenvalue weighted by Crippen LogP contribution is -2.23. The van der Waals surface area contributed by atoms with Crippen molar-refractivity contribution in [1.82, 2.24) is 9.88 Å². The van der Waals surface area contributed by atoms with Gasteiger partial charge in [0.1, 0.15) is 11.5 Å². The second-order valence-corrected chi connectivity index (χ2v) is 5.62. The van der Waals surface area contributed by atoms with E-state index in [0.29, 0.717) is 10.2 Å². The molecule has 0 aliphatic heterocycles. The maximum Gasteiger partial charge on any atom is 0.272 e. The Balaban J connectivity index is 2.24. The van der Waals surface area contributed by atoms with Gasteiger partial charge in [0.05, 0.1) is 5.56 Å². The Kier molecular flexibility index (Phi) is 4.87. The molecule has 0 saturated carbocycles. The number of benzene rings is 1. The molecule has 1 N–H and O–H groups in total. The predicted molar refractivity (Wildman–Crippen MR) is 84.3 cm³/mol. The van der Waals surface area contributed by atoms with Crippen molar-refractivity contribution in [3.8, 4) is 0 Å². The summed E-state index contributed by atoms with van der Waals surface area (Å²) in [7, 11) is 3.21. The molecule has 0 unspecified atom stereocenters. The van der Waals surface area contributed by atoms with Crippen LogP contribution >= 0.6 is 15.9 Å². The molecular weight excluding hydrogens is 353 g/mol. The smallest absolute Gasteiger partial charge is 0.272 e. The van der Waals surface area contributed by atoms with Crippen LogP contribution in [-0.2, 0) is 0 Å². The van der Waals surface area contributed by atoms with Crippen LogP contribution in [0.1, 0.15) is 20.8 Å². The summed E-state index contributed by atoms with van der Waals surface area (Å²) in [5, 5.41) is 2.55. The Morgan fingerprint density at radius 2 is 1.95 bits per heavy atom. The van der Waals surface area contributed by atoms with Gasteiger partial charge in [-0.1, -0.05) is 15.9 Å². The normalized spacial score (nSPS) is 10.2. The van der Waals surface area contributed by atoms with Crippen molar-refractivity contribution in [2.45, 2.75) is 0 Å². The number of nitrogens with one attached hydrogen (secondary N) is 1. The van der Waals surface area contributed by atoms with Gasteiger partial charge < -0.3 is 10.2 Å². The van der Waals surface area contributed by atoms with Crippen molar-refractivity contribution < 1.29 is 14.0 Å². The van der Waals surface area contributed by atoms with E-state index >= 15 is 0 Å². The van der Waals surface area contributed by atoms with E-state index in [2.05, 4.69) is 26.2 Å². The maximum atomic E-state index is 13.7. The molecule has 0 aliphatic rings. The molecule has 1 aromatic carbocycles. The molecule has 2 aromatic rings. The van der Waals surface area contributed by atoms with Crippen molar-refractivity contribution in [3.05, 3.63) is 58.1 Å².